The van der Waals surface area contributed by atoms with Crippen LogP contribution in [0.2, 0.25) is 5.02 Å². The van der Waals surface area contributed by atoms with E-state index in [-0.39, 0.29) is 28.9 Å². The molecule has 0 aliphatic heterocycles. The number of nitrogens with one attached hydrogen (secondary N) is 2. The Hall–Kier alpha value is -2.52. The summed E-state index contributed by atoms with van der Waals surface area (Å²) >= 11 is 6.11. The minimum atomic E-state index is -1.01. The van der Waals surface area contributed by atoms with Crippen LogP contribution >= 0.6 is 11.6 Å². The van der Waals surface area contributed by atoms with Gasteiger partial charge in [0, 0.05) is 29.0 Å². The number of nitrogens with zero attached hydrogens (tertiary/aromatic N) is 4. The average molecular weight is 428 g/mol. The maximum absolute atomic E-state index is 13.8. The molecular weight excluding hydrogens is 409 g/mol. The first-order valence-corrected chi connectivity index (χ1v) is 9.60. The van der Waals surface area contributed by atoms with Crippen LogP contribution in [0.4, 0.5) is 26.2 Å². The van der Waals surface area contributed by atoms with Gasteiger partial charge in [0.05, 0.1) is 18.1 Å². The summed E-state index contributed by atoms with van der Waals surface area (Å²) in [5.41, 5.74) is 0.484. The van der Waals surface area contributed by atoms with Gasteiger partial charge in [-0.2, -0.15) is 10.1 Å². The normalized spacial score (nSPS) is 12.0. The van der Waals surface area contributed by atoms with Gasteiger partial charge < -0.3 is 15.7 Å². The van der Waals surface area contributed by atoms with Gasteiger partial charge in [-0.05, 0) is 12.1 Å². The number of hydrogen-bond donors (Lipinski definition) is 3. The van der Waals surface area contributed by atoms with Crippen LogP contribution < -0.4 is 10.6 Å². The van der Waals surface area contributed by atoms with Crippen LogP contribution in [0.15, 0.2) is 36.8 Å². The molecule has 30 heavy (non-hydrogen) atoms. The van der Waals surface area contributed by atoms with E-state index in [0.29, 0.717) is 5.69 Å². The van der Waals surface area contributed by atoms with E-state index in [1.165, 1.54) is 24.4 Å². The van der Waals surface area contributed by atoms with Gasteiger partial charge in [-0.3, -0.25) is 4.68 Å². The standard InChI is InChI=1S/C16H19B4ClF2N6O/c17-15(18,16(19,20)30)29-7-8(4-26-29)27-14-25-6-10(21)13(28-14)24-5-9-11(22)2-1-3-12(9)23/h1-4,6-7,30H,5,17-20H2,(H2,24,25,27,28). The number of aromatic nitrogens is 4. The lowest BCUT2D eigenvalue weighted by atomic mass is 9.40. The Morgan fingerprint density at radius 1 is 1.13 bits per heavy atom. The van der Waals surface area contributed by atoms with Crippen molar-refractivity contribution in [3.05, 3.63) is 59.0 Å². The summed E-state index contributed by atoms with van der Waals surface area (Å²) in [6.45, 7) is -0.133. The summed E-state index contributed by atoms with van der Waals surface area (Å²) in [7, 11) is 7.15. The second kappa shape index (κ2) is 8.31. The van der Waals surface area contributed by atoms with Gasteiger partial charge in [0.15, 0.2) is 5.82 Å². The van der Waals surface area contributed by atoms with Crippen molar-refractivity contribution < 1.29 is 13.9 Å². The molecule has 3 aromatic rings. The summed E-state index contributed by atoms with van der Waals surface area (Å²) in [5.74, 6) is -0.877. The van der Waals surface area contributed by atoms with E-state index in [4.69, 9.17) is 11.6 Å². The van der Waals surface area contributed by atoms with Gasteiger partial charge in [0.2, 0.25) is 5.95 Å². The van der Waals surface area contributed by atoms with E-state index in [1.54, 1.807) is 32.8 Å². The van der Waals surface area contributed by atoms with Gasteiger partial charge in [-0.1, -0.05) is 17.7 Å². The van der Waals surface area contributed by atoms with E-state index >= 15 is 0 Å². The highest BCUT2D eigenvalue weighted by atomic mass is 35.5. The van der Waals surface area contributed by atoms with Gasteiger partial charge in [0.1, 0.15) is 48.0 Å². The van der Waals surface area contributed by atoms with Crippen molar-refractivity contribution in [1.29, 1.82) is 0 Å². The summed E-state index contributed by atoms with van der Waals surface area (Å²) < 4.78 is 29.3. The minimum absolute atomic E-state index is 0.114. The lowest BCUT2D eigenvalue weighted by Crippen LogP contribution is -2.58. The molecule has 0 atom stereocenters. The minimum Gasteiger partial charge on any atom is -0.407 e. The number of hydrogen-bond acceptors (Lipinski definition) is 6. The molecule has 0 saturated carbocycles. The van der Waals surface area contributed by atoms with Crippen LogP contribution in [0.5, 0.6) is 0 Å². The molecule has 2 heterocycles. The molecule has 0 unspecified atom stereocenters. The zero-order chi connectivity index (χ0) is 22.1. The van der Waals surface area contributed by atoms with Gasteiger partial charge in [-0.15, -0.1) is 0 Å². The predicted octanol–water partition coefficient (Wildman–Crippen LogP) is -1.25. The fraction of sp³-hybridized carbons (Fsp3) is 0.188. The van der Waals surface area contributed by atoms with Crippen molar-refractivity contribution in [3.63, 3.8) is 0 Å². The molecule has 0 aliphatic carbocycles. The molecule has 0 bridgehead atoms. The number of aliphatic hydroxyl groups is 1. The smallest absolute Gasteiger partial charge is 0.229 e. The molecular formula is C16H19B4ClF2N6O. The Bertz CT molecular complexity index is 1040. The molecule has 2 aromatic heterocycles. The third kappa shape index (κ3) is 4.62. The molecule has 0 fully saturated rings. The van der Waals surface area contributed by atoms with Crippen LogP contribution in [-0.4, -0.2) is 61.6 Å². The van der Waals surface area contributed by atoms with E-state index < -0.39 is 22.4 Å². The Kier molecular flexibility index (Phi) is 6.14. The molecule has 0 saturated heterocycles. The highest BCUT2D eigenvalue weighted by molar-refractivity contribution is 6.52. The van der Waals surface area contributed by atoms with E-state index in [9.17, 15) is 13.9 Å². The Balaban J connectivity index is 1.76. The summed E-state index contributed by atoms with van der Waals surface area (Å²) in [4.78, 5) is 8.38. The Labute approximate surface area is 181 Å². The number of rotatable bonds is 7. The lowest BCUT2D eigenvalue weighted by Gasteiger charge is -2.38. The monoisotopic (exact) mass is 428 g/mol. The quantitative estimate of drug-likeness (QED) is 0.408. The Morgan fingerprint density at radius 3 is 2.43 bits per heavy atom. The molecule has 14 heteroatoms. The van der Waals surface area contributed by atoms with Crippen molar-refractivity contribution in [2.45, 2.75) is 17.3 Å². The molecule has 0 spiro atoms. The lowest BCUT2D eigenvalue weighted by molar-refractivity contribution is 0.156. The molecule has 0 aliphatic rings. The number of benzene rings is 1. The van der Waals surface area contributed by atoms with Crippen molar-refractivity contribution in [2.24, 2.45) is 0 Å². The van der Waals surface area contributed by atoms with Crippen LogP contribution in [-0.2, 0) is 11.9 Å². The molecule has 1 aromatic carbocycles. The fourth-order valence-electron chi connectivity index (χ4n) is 2.53. The molecule has 3 N–H and O–H groups in total. The van der Waals surface area contributed by atoms with Crippen molar-refractivity contribution in [3.8, 4) is 0 Å². The predicted molar refractivity (Wildman–Crippen MR) is 123 cm³/mol. The Morgan fingerprint density at radius 2 is 1.80 bits per heavy atom. The van der Waals surface area contributed by atoms with Crippen molar-refractivity contribution >= 4 is 60.4 Å². The maximum atomic E-state index is 13.8. The summed E-state index contributed by atoms with van der Waals surface area (Å²) in [6.07, 6.45) is 4.67. The third-order valence-electron chi connectivity index (χ3n) is 5.15. The van der Waals surface area contributed by atoms with E-state index in [2.05, 4.69) is 25.7 Å². The molecule has 0 radical (unpaired) electrons. The van der Waals surface area contributed by atoms with Gasteiger partial charge in [-0.25, -0.2) is 13.8 Å². The molecule has 3 rings (SSSR count). The average Bonchev–Trinajstić information content (AvgIpc) is 3.12. The highest BCUT2D eigenvalue weighted by Gasteiger charge is 2.36. The number of halogens is 3. The zero-order valence-corrected chi connectivity index (χ0v) is 17.8. The molecule has 152 valence electrons. The maximum Gasteiger partial charge on any atom is 0.229 e. The van der Waals surface area contributed by atoms with Crippen LogP contribution in [0.3, 0.4) is 0 Å². The first-order valence-electron chi connectivity index (χ1n) is 9.23. The topological polar surface area (TPSA) is 87.9 Å². The highest BCUT2D eigenvalue weighted by Crippen LogP contribution is 2.24. The van der Waals surface area contributed by atoms with Crippen LogP contribution in [0.25, 0.3) is 0 Å². The van der Waals surface area contributed by atoms with Crippen molar-refractivity contribution in [2.75, 3.05) is 10.6 Å². The van der Waals surface area contributed by atoms with E-state index in [0.717, 1.165) is 0 Å². The fourth-order valence-corrected chi connectivity index (χ4v) is 2.69. The molecule has 0 amide bonds. The van der Waals surface area contributed by atoms with Gasteiger partial charge >= 0.3 is 0 Å². The van der Waals surface area contributed by atoms with E-state index in [1.807, 2.05) is 15.7 Å². The zero-order valence-electron chi connectivity index (χ0n) is 17.0. The van der Waals surface area contributed by atoms with Crippen LogP contribution in [0.1, 0.15) is 5.56 Å². The summed E-state index contributed by atoms with van der Waals surface area (Å²) in [5, 5.41) is 19.0. The third-order valence-corrected chi connectivity index (χ3v) is 5.42. The van der Waals surface area contributed by atoms with Crippen molar-refractivity contribution in [1.82, 2.24) is 19.7 Å². The first-order chi connectivity index (χ1) is 14.0. The first kappa shape index (κ1) is 22.2. The molecule has 7 nitrogen and oxygen atoms in total. The number of anilines is 3. The van der Waals surface area contributed by atoms with Crippen LogP contribution in [0, 0.1) is 11.6 Å². The largest absolute Gasteiger partial charge is 0.407 e. The van der Waals surface area contributed by atoms with Gasteiger partial charge in [0.25, 0.3) is 0 Å². The second-order valence-electron chi connectivity index (χ2n) is 7.86. The summed E-state index contributed by atoms with van der Waals surface area (Å²) in [6, 6.07) is 3.66. The second-order valence-corrected chi connectivity index (χ2v) is 8.27. The SMILES string of the molecule is BC(B)(O)C(B)(B)n1cc(Nc2ncc(Cl)c(NCc3c(F)cccc3F)n2)cn1.